The molecule has 3 rings (SSSR count). The fourth-order valence-corrected chi connectivity index (χ4v) is 2.31. The first kappa shape index (κ1) is 11.3. The lowest BCUT2D eigenvalue weighted by Gasteiger charge is -2.04. The molecular formula is C17H13Cl. The van der Waals surface area contributed by atoms with Crippen LogP contribution in [-0.2, 0) is 6.42 Å². The van der Waals surface area contributed by atoms with E-state index in [1.807, 2.05) is 12.1 Å². The molecule has 0 unspecified atom stereocenters. The Bertz CT molecular complexity index is 669. The third kappa shape index (κ3) is 2.39. The SMILES string of the molecule is Clc1ccc(Cc2ccc3ccccc3c2)cc1. The van der Waals surface area contributed by atoms with Crippen LogP contribution in [-0.4, -0.2) is 0 Å². The third-order valence-corrected chi connectivity index (χ3v) is 3.39. The zero-order valence-electron chi connectivity index (χ0n) is 9.94. The van der Waals surface area contributed by atoms with Crippen LogP contribution in [0.4, 0.5) is 0 Å². The molecule has 1 heteroatoms. The summed E-state index contributed by atoms with van der Waals surface area (Å²) >= 11 is 5.89. The summed E-state index contributed by atoms with van der Waals surface area (Å²) in [5.74, 6) is 0. The molecule has 88 valence electrons. The van der Waals surface area contributed by atoms with Crippen LogP contribution >= 0.6 is 11.6 Å². The van der Waals surface area contributed by atoms with E-state index in [0.717, 1.165) is 11.4 Å². The fraction of sp³-hybridized carbons (Fsp3) is 0.0588. The van der Waals surface area contributed by atoms with E-state index in [9.17, 15) is 0 Å². The quantitative estimate of drug-likeness (QED) is 0.596. The van der Waals surface area contributed by atoms with Crippen LogP contribution in [0, 0.1) is 0 Å². The summed E-state index contributed by atoms with van der Waals surface area (Å²) in [5, 5.41) is 3.37. The van der Waals surface area contributed by atoms with Gasteiger partial charge in [0.05, 0.1) is 0 Å². The van der Waals surface area contributed by atoms with E-state index in [1.165, 1.54) is 21.9 Å². The average Bonchev–Trinajstić information content (AvgIpc) is 2.41. The van der Waals surface area contributed by atoms with Gasteiger partial charge in [0.2, 0.25) is 0 Å². The standard InChI is InChI=1S/C17H13Cl/c18-17-9-6-13(7-10-17)11-14-5-8-15-3-1-2-4-16(15)12-14/h1-10,12H,11H2. The predicted octanol–water partition coefficient (Wildman–Crippen LogP) is 5.08. The molecule has 0 aromatic heterocycles. The molecule has 0 aliphatic rings. The molecule has 0 fully saturated rings. The molecule has 0 saturated carbocycles. The van der Waals surface area contributed by atoms with Gasteiger partial charge in [-0.1, -0.05) is 66.2 Å². The maximum absolute atomic E-state index is 5.89. The van der Waals surface area contributed by atoms with E-state index in [2.05, 4.69) is 54.6 Å². The van der Waals surface area contributed by atoms with Crippen LogP contribution in [0.5, 0.6) is 0 Å². The molecule has 0 aliphatic heterocycles. The lowest BCUT2D eigenvalue weighted by atomic mass is 10.0. The van der Waals surface area contributed by atoms with Crippen molar-refractivity contribution in [3.8, 4) is 0 Å². The molecule has 0 radical (unpaired) electrons. The van der Waals surface area contributed by atoms with E-state index in [-0.39, 0.29) is 0 Å². The molecule has 0 spiro atoms. The van der Waals surface area contributed by atoms with Crippen molar-refractivity contribution in [3.05, 3.63) is 82.9 Å². The van der Waals surface area contributed by atoms with Crippen molar-refractivity contribution in [2.24, 2.45) is 0 Å². The first-order chi connectivity index (χ1) is 8.81. The van der Waals surface area contributed by atoms with Crippen LogP contribution in [0.2, 0.25) is 5.02 Å². The lowest BCUT2D eigenvalue weighted by Crippen LogP contribution is -1.87. The summed E-state index contributed by atoms with van der Waals surface area (Å²) in [6.45, 7) is 0. The van der Waals surface area contributed by atoms with Crippen molar-refractivity contribution >= 4 is 22.4 Å². The highest BCUT2D eigenvalue weighted by Gasteiger charge is 1.98. The monoisotopic (exact) mass is 252 g/mol. The largest absolute Gasteiger partial charge is 0.0843 e. The van der Waals surface area contributed by atoms with Crippen molar-refractivity contribution in [3.63, 3.8) is 0 Å². The Balaban J connectivity index is 1.92. The Morgan fingerprint density at radius 3 is 2.11 bits per heavy atom. The summed E-state index contributed by atoms with van der Waals surface area (Å²) < 4.78 is 0. The summed E-state index contributed by atoms with van der Waals surface area (Å²) in [7, 11) is 0. The molecule has 0 N–H and O–H groups in total. The number of rotatable bonds is 2. The minimum absolute atomic E-state index is 0.789. The van der Waals surface area contributed by atoms with Gasteiger partial charge in [0.15, 0.2) is 0 Å². The second kappa shape index (κ2) is 4.83. The highest BCUT2D eigenvalue weighted by molar-refractivity contribution is 6.30. The molecule has 18 heavy (non-hydrogen) atoms. The Kier molecular flexibility index (Phi) is 3.04. The number of benzene rings is 3. The topological polar surface area (TPSA) is 0 Å². The summed E-state index contributed by atoms with van der Waals surface area (Å²) in [4.78, 5) is 0. The number of fused-ring (bicyclic) bond motifs is 1. The average molecular weight is 253 g/mol. The van der Waals surface area contributed by atoms with E-state index >= 15 is 0 Å². The second-order valence-corrected chi connectivity index (χ2v) is 4.92. The lowest BCUT2D eigenvalue weighted by molar-refractivity contribution is 1.20. The summed E-state index contributed by atoms with van der Waals surface area (Å²) in [6.07, 6.45) is 0.946. The highest BCUT2D eigenvalue weighted by atomic mass is 35.5. The van der Waals surface area contributed by atoms with Crippen LogP contribution in [0.1, 0.15) is 11.1 Å². The van der Waals surface area contributed by atoms with Crippen molar-refractivity contribution in [2.75, 3.05) is 0 Å². The van der Waals surface area contributed by atoms with Crippen LogP contribution in [0.25, 0.3) is 10.8 Å². The molecule has 3 aromatic carbocycles. The molecule has 0 atom stereocenters. The van der Waals surface area contributed by atoms with E-state index in [1.54, 1.807) is 0 Å². The van der Waals surface area contributed by atoms with Crippen LogP contribution < -0.4 is 0 Å². The Morgan fingerprint density at radius 1 is 0.667 bits per heavy atom. The van der Waals surface area contributed by atoms with Crippen LogP contribution in [0.15, 0.2) is 66.7 Å². The van der Waals surface area contributed by atoms with Crippen molar-refractivity contribution in [1.82, 2.24) is 0 Å². The van der Waals surface area contributed by atoms with Gasteiger partial charge in [0.1, 0.15) is 0 Å². The molecular weight excluding hydrogens is 240 g/mol. The van der Waals surface area contributed by atoms with E-state index in [0.29, 0.717) is 0 Å². The van der Waals surface area contributed by atoms with Crippen molar-refractivity contribution < 1.29 is 0 Å². The zero-order chi connectivity index (χ0) is 12.4. The molecule has 3 aromatic rings. The van der Waals surface area contributed by atoms with Gasteiger partial charge in [-0.15, -0.1) is 0 Å². The highest BCUT2D eigenvalue weighted by Crippen LogP contribution is 2.19. The maximum atomic E-state index is 5.89. The number of halogens is 1. The van der Waals surface area contributed by atoms with Gasteiger partial charge >= 0.3 is 0 Å². The maximum Gasteiger partial charge on any atom is 0.0406 e. The second-order valence-electron chi connectivity index (χ2n) is 4.48. The Labute approximate surface area is 112 Å². The smallest absolute Gasteiger partial charge is 0.0406 e. The van der Waals surface area contributed by atoms with E-state index < -0.39 is 0 Å². The molecule has 0 amide bonds. The van der Waals surface area contributed by atoms with Gasteiger partial charge in [-0.25, -0.2) is 0 Å². The normalized spacial score (nSPS) is 10.7. The van der Waals surface area contributed by atoms with Gasteiger partial charge in [-0.2, -0.15) is 0 Å². The minimum atomic E-state index is 0.789. The first-order valence-electron chi connectivity index (χ1n) is 6.03. The third-order valence-electron chi connectivity index (χ3n) is 3.14. The summed E-state index contributed by atoms with van der Waals surface area (Å²) in [6, 6.07) is 23.1. The van der Waals surface area contributed by atoms with Gasteiger partial charge in [0, 0.05) is 5.02 Å². The van der Waals surface area contributed by atoms with E-state index in [4.69, 9.17) is 11.6 Å². The molecule has 0 nitrogen and oxygen atoms in total. The van der Waals surface area contributed by atoms with Crippen molar-refractivity contribution in [2.45, 2.75) is 6.42 Å². The van der Waals surface area contributed by atoms with Gasteiger partial charge in [-0.05, 0) is 40.5 Å². The molecule has 0 aliphatic carbocycles. The van der Waals surface area contributed by atoms with Gasteiger partial charge in [0.25, 0.3) is 0 Å². The first-order valence-corrected chi connectivity index (χ1v) is 6.41. The number of hydrogen-bond donors (Lipinski definition) is 0. The fourth-order valence-electron chi connectivity index (χ4n) is 2.19. The van der Waals surface area contributed by atoms with Gasteiger partial charge < -0.3 is 0 Å². The molecule has 0 saturated heterocycles. The summed E-state index contributed by atoms with van der Waals surface area (Å²) in [5.41, 5.74) is 2.62. The molecule has 0 bridgehead atoms. The molecule has 0 heterocycles. The zero-order valence-corrected chi connectivity index (χ0v) is 10.7. The van der Waals surface area contributed by atoms with Crippen molar-refractivity contribution in [1.29, 1.82) is 0 Å². The van der Waals surface area contributed by atoms with Gasteiger partial charge in [-0.3, -0.25) is 0 Å². The Hall–Kier alpha value is -1.79. The predicted molar refractivity (Wildman–Crippen MR) is 78.2 cm³/mol. The van der Waals surface area contributed by atoms with Crippen LogP contribution in [0.3, 0.4) is 0 Å². The minimum Gasteiger partial charge on any atom is -0.0843 e. The number of hydrogen-bond acceptors (Lipinski definition) is 0. The Morgan fingerprint density at radius 2 is 1.33 bits per heavy atom.